The topological polar surface area (TPSA) is 47.3 Å². The number of aryl methyl sites for hydroxylation is 2. The summed E-state index contributed by atoms with van der Waals surface area (Å²) in [5.74, 6) is 1.62. The Bertz CT molecular complexity index is 589. The first kappa shape index (κ1) is 15.9. The van der Waals surface area contributed by atoms with Crippen LogP contribution >= 0.6 is 11.6 Å². The van der Waals surface area contributed by atoms with Gasteiger partial charge in [0.05, 0.1) is 11.3 Å². The lowest BCUT2D eigenvalue weighted by Gasteiger charge is -2.14. The molecule has 1 aromatic carbocycles. The number of benzene rings is 1. The SMILES string of the molecule is Cc1noc(C)c1COc1ccc(Cl)cc1CNC(C)C. The fourth-order valence-electron chi connectivity index (χ4n) is 2.00. The average Bonchev–Trinajstić information content (AvgIpc) is 2.75. The Labute approximate surface area is 130 Å². The second kappa shape index (κ2) is 6.96. The van der Waals surface area contributed by atoms with Crippen LogP contribution in [-0.2, 0) is 13.2 Å². The van der Waals surface area contributed by atoms with E-state index < -0.39 is 0 Å². The summed E-state index contributed by atoms with van der Waals surface area (Å²) in [6, 6.07) is 6.07. The van der Waals surface area contributed by atoms with Gasteiger partial charge in [0.25, 0.3) is 0 Å². The van der Waals surface area contributed by atoms with Gasteiger partial charge >= 0.3 is 0 Å². The van der Waals surface area contributed by atoms with Crippen molar-refractivity contribution in [1.29, 1.82) is 0 Å². The molecule has 4 nitrogen and oxygen atoms in total. The second-order valence-electron chi connectivity index (χ2n) is 5.38. The van der Waals surface area contributed by atoms with Crippen LogP contribution in [-0.4, -0.2) is 11.2 Å². The molecule has 0 radical (unpaired) electrons. The molecule has 1 N–H and O–H groups in total. The predicted octanol–water partition coefficient (Wildman–Crippen LogP) is 4.02. The number of nitrogens with one attached hydrogen (secondary N) is 1. The lowest BCUT2D eigenvalue weighted by atomic mass is 10.2. The molecule has 1 heterocycles. The van der Waals surface area contributed by atoms with Crippen LogP contribution < -0.4 is 10.1 Å². The quantitative estimate of drug-likeness (QED) is 0.875. The summed E-state index contributed by atoms with van der Waals surface area (Å²) < 4.78 is 11.1. The minimum absolute atomic E-state index is 0.402. The number of hydrogen-bond acceptors (Lipinski definition) is 4. The zero-order chi connectivity index (χ0) is 15.4. The van der Waals surface area contributed by atoms with Crippen molar-refractivity contribution >= 4 is 11.6 Å². The summed E-state index contributed by atoms with van der Waals surface area (Å²) >= 11 is 6.07. The van der Waals surface area contributed by atoms with E-state index in [2.05, 4.69) is 24.3 Å². The van der Waals surface area contributed by atoms with Crippen molar-refractivity contribution in [2.24, 2.45) is 0 Å². The molecular formula is C16H21ClN2O2. The fraction of sp³-hybridized carbons (Fsp3) is 0.438. The maximum absolute atomic E-state index is 6.07. The third-order valence-corrected chi connectivity index (χ3v) is 3.51. The first-order valence-electron chi connectivity index (χ1n) is 7.03. The van der Waals surface area contributed by atoms with E-state index in [9.17, 15) is 0 Å². The molecule has 0 aliphatic rings. The summed E-state index contributed by atoms with van der Waals surface area (Å²) in [6.07, 6.45) is 0. The van der Waals surface area contributed by atoms with Gasteiger partial charge in [-0.05, 0) is 32.0 Å². The number of ether oxygens (including phenoxy) is 1. The summed E-state index contributed by atoms with van der Waals surface area (Å²) in [7, 11) is 0. The van der Waals surface area contributed by atoms with Gasteiger partial charge in [0, 0.05) is 23.2 Å². The minimum Gasteiger partial charge on any atom is -0.488 e. The van der Waals surface area contributed by atoms with Gasteiger partial charge in [-0.15, -0.1) is 0 Å². The van der Waals surface area contributed by atoms with Crippen LogP contribution in [0.25, 0.3) is 0 Å². The molecule has 1 aromatic heterocycles. The molecule has 0 saturated carbocycles. The van der Waals surface area contributed by atoms with E-state index in [4.69, 9.17) is 20.9 Å². The molecule has 0 saturated heterocycles. The highest BCUT2D eigenvalue weighted by molar-refractivity contribution is 6.30. The molecule has 0 unspecified atom stereocenters. The first-order valence-corrected chi connectivity index (χ1v) is 7.41. The molecule has 21 heavy (non-hydrogen) atoms. The van der Waals surface area contributed by atoms with Crippen molar-refractivity contribution in [2.45, 2.75) is 46.9 Å². The van der Waals surface area contributed by atoms with E-state index in [0.29, 0.717) is 17.7 Å². The van der Waals surface area contributed by atoms with Crippen LogP contribution in [0.15, 0.2) is 22.7 Å². The Kier molecular flexibility index (Phi) is 5.26. The van der Waals surface area contributed by atoms with E-state index in [-0.39, 0.29) is 0 Å². The Morgan fingerprint density at radius 1 is 1.33 bits per heavy atom. The predicted molar refractivity (Wildman–Crippen MR) is 83.7 cm³/mol. The number of rotatable bonds is 6. The normalized spacial score (nSPS) is 11.1. The molecule has 114 valence electrons. The van der Waals surface area contributed by atoms with Crippen molar-refractivity contribution in [2.75, 3.05) is 0 Å². The Morgan fingerprint density at radius 3 is 2.71 bits per heavy atom. The van der Waals surface area contributed by atoms with E-state index in [1.807, 2.05) is 32.0 Å². The second-order valence-corrected chi connectivity index (χ2v) is 5.82. The van der Waals surface area contributed by atoms with E-state index in [1.165, 1.54) is 0 Å². The van der Waals surface area contributed by atoms with Crippen LogP contribution in [0.3, 0.4) is 0 Å². The Hall–Kier alpha value is -1.52. The molecule has 2 rings (SSSR count). The lowest BCUT2D eigenvalue weighted by Crippen LogP contribution is -2.22. The number of halogens is 1. The lowest BCUT2D eigenvalue weighted by molar-refractivity contribution is 0.297. The first-order chi connectivity index (χ1) is 9.97. The highest BCUT2D eigenvalue weighted by atomic mass is 35.5. The van der Waals surface area contributed by atoms with Crippen LogP contribution in [0.1, 0.15) is 36.4 Å². The van der Waals surface area contributed by atoms with Gasteiger partial charge in [0.15, 0.2) is 0 Å². The van der Waals surface area contributed by atoms with Gasteiger partial charge in [0.2, 0.25) is 0 Å². The molecule has 2 aromatic rings. The molecule has 5 heteroatoms. The highest BCUT2D eigenvalue weighted by Gasteiger charge is 2.11. The van der Waals surface area contributed by atoms with Crippen molar-refractivity contribution in [3.05, 3.63) is 45.8 Å². The number of hydrogen-bond donors (Lipinski definition) is 1. The van der Waals surface area contributed by atoms with E-state index in [0.717, 1.165) is 34.9 Å². The van der Waals surface area contributed by atoms with Gasteiger partial charge in [-0.1, -0.05) is 30.6 Å². The molecule has 0 spiro atoms. The number of nitrogens with zero attached hydrogens (tertiary/aromatic N) is 1. The third kappa shape index (κ3) is 4.22. The summed E-state index contributed by atoms with van der Waals surface area (Å²) in [4.78, 5) is 0. The van der Waals surface area contributed by atoms with Crippen molar-refractivity contribution in [3.63, 3.8) is 0 Å². The summed E-state index contributed by atoms with van der Waals surface area (Å²) in [6.45, 7) is 9.18. The summed E-state index contributed by atoms with van der Waals surface area (Å²) in [5.41, 5.74) is 2.90. The molecule has 0 bridgehead atoms. The monoisotopic (exact) mass is 308 g/mol. The van der Waals surface area contributed by atoms with Gasteiger partial charge in [-0.2, -0.15) is 0 Å². The zero-order valence-corrected chi connectivity index (χ0v) is 13.6. The highest BCUT2D eigenvalue weighted by Crippen LogP contribution is 2.25. The van der Waals surface area contributed by atoms with Crippen LogP contribution in [0.4, 0.5) is 0 Å². The fourth-order valence-corrected chi connectivity index (χ4v) is 2.19. The van der Waals surface area contributed by atoms with Gasteiger partial charge in [-0.3, -0.25) is 0 Å². The third-order valence-electron chi connectivity index (χ3n) is 3.28. The van der Waals surface area contributed by atoms with Gasteiger partial charge in [0.1, 0.15) is 18.1 Å². The molecular weight excluding hydrogens is 288 g/mol. The maximum Gasteiger partial charge on any atom is 0.140 e. The van der Waals surface area contributed by atoms with Crippen LogP contribution in [0.2, 0.25) is 5.02 Å². The molecule has 0 fully saturated rings. The standard InChI is InChI=1S/C16H21ClN2O2/c1-10(2)18-8-13-7-14(17)5-6-16(13)20-9-15-11(3)19-21-12(15)4/h5-7,10,18H,8-9H2,1-4H3. The zero-order valence-electron chi connectivity index (χ0n) is 12.9. The average molecular weight is 309 g/mol. The number of aromatic nitrogens is 1. The Balaban J connectivity index is 2.12. The summed E-state index contributed by atoms with van der Waals surface area (Å²) in [5, 5.41) is 8.02. The van der Waals surface area contributed by atoms with Gasteiger partial charge in [-0.25, -0.2) is 0 Å². The van der Waals surface area contributed by atoms with Gasteiger partial charge < -0.3 is 14.6 Å². The van der Waals surface area contributed by atoms with Crippen molar-refractivity contribution in [3.8, 4) is 5.75 Å². The van der Waals surface area contributed by atoms with Crippen LogP contribution in [0.5, 0.6) is 5.75 Å². The maximum atomic E-state index is 6.07. The molecule has 0 atom stereocenters. The van der Waals surface area contributed by atoms with Crippen molar-refractivity contribution < 1.29 is 9.26 Å². The molecule has 0 aliphatic heterocycles. The minimum atomic E-state index is 0.402. The molecule has 0 amide bonds. The van der Waals surface area contributed by atoms with Crippen LogP contribution in [0, 0.1) is 13.8 Å². The smallest absolute Gasteiger partial charge is 0.140 e. The largest absolute Gasteiger partial charge is 0.488 e. The Morgan fingerprint density at radius 2 is 2.10 bits per heavy atom. The molecule has 0 aliphatic carbocycles. The van der Waals surface area contributed by atoms with E-state index in [1.54, 1.807) is 0 Å². The van der Waals surface area contributed by atoms with Crippen molar-refractivity contribution in [1.82, 2.24) is 10.5 Å². The van der Waals surface area contributed by atoms with E-state index >= 15 is 0 Å².